The van der Waals surface area contributed by atoms with Crippen LogP contribution in [0.15, 0.2) is 103 Å². The van der Waals surface area contributed by atoms with Crippen LogP contribution in [0.5, 0.6) is 0 Å². The zero-order chi connectivity index (χ0) is 21.2. The number of fused-ring (bicyclic) bond motifs is 2. The van der Waals surface area contributed by atoms with Crippen LogP contribution < -0.4 is 0 Å². The maximum atomic E-state index is 3.59. The molecule has 2 N–H and O–H groups in total. The number of para-hydroxylation sites is 2. The number of nitrogens with one attached hydrogen (secondary N) is 2. The van der Waals surface area contributed by atoms with Crippen LogP contribution >= 0.6 is 0 Å². The summed E-state index contributed by atoms with van der Waals surface area (Å²) < 4.78 is 0. The van der Waals surface area contributed by atoms with Crippen LogP contribution in [0.25, 0.3) is 21.8 Å². The monoisotopic (exact) mass is 458 g/mol. The van der Waals surface area contributed by atoms with Crippen LogP contribution in [0, 0.1) is 13.8 Å². The van der Waals surface area contributed by atoms with Crippen LogP contribution in [0.1, 0.15) is 34.0 Å². The van der Waals surface area contributed by atoms with Gasteiger partial charge in [-0.1, -0.05) is 36.4 Å². The summed E-state index contributed by atoms with van der Waals surface area (Å²) in [6, 6.07) is 36.0. The van der Waals surface area contributed by atoms with Gasteiger partial charge in [0.2, 0.25) is 0 Å². The molecular formula is C29H26FeN2. The first-order valence-electron chi connectivity index (χ1n) is 10.8. The summed E-state index contributed by atoms with van der Waals surface area (Å²) in [5, 5.41) is 2.61. The number of aromatic amines is 2. The van der Waals surface area contributed by atoms with E-state index in [0.29, 0.717) is 0 Å². The predicted octanol–water partition coefficient (Wildman–Crippen LogP) is 7.57. The fraction of sp³-hybridized carbons (Fsp3) is 0.103. The summed E-state index contributed by atoms with van der Waals surface area (Å²) in [4.78, 5) is 7.18. The Morgan fingerprint density at radius 1 is 0.625 bits per heavy atom. The van der Waals surface area contributed by atoms with Crippen LogP contribution in [-0.4, -0.2) is 9.97 Å². The van der Waals surface area contributed by atoms with Gasteiger partial charge in [0, 0.05) is 39.1 Å². The molecule has 0 saturated heterocycles. The molecule has 4 aromatic carbocycles. The standard InChI is InChI=1S/C24H21N2.C5H5.Fe/c1-15-22(18-11-5-7-13-20(18)25-15)24(17-9-3-4-10-17)23-16(2)26-21-14-8-6-12-19(21)23;1-2-4-5-3-1;/h3-14,24-26H,1-2H3;1-5H;/q2*-1;+2. The van der Waals surface area contributed by atoms with E-state index in [1.807, 2.05) is 30.3 Å². The van der Waals surface area contributed by atoms with Gasteiger partial charge in [0.05, 0.1) is 0 Å². The van der Waals surface area contributed by atoms with Gasteiger partial charge in [-0.05, 0) is 37.1 Å². The zero-order valence-electron chi connectivity index (χ0n) is 18.2. The fourth-order valence-electron chi connectivity index (χ4n) is 4.72. The summed E-state index contributed by atoms with van der Waals surface area (Å²) in [5.74, 6) is 0.206. The average Bonchev–Trinajstić information content (AvgIpc) is 3.58. The number of benzene rings is 2. The van der Waals surface area contributed by atoms with Crippen LogP contribution in [0.4, 0.5) is 0 Å². The summed E-state index contributed by atoms with van der Waals surface area (Å²) in [6.45, 7) is 4.38. The Morgan fingerprint density at radius 3 is 1.59 bits per heavy atom. The van der Waals surface area contributed by atoms with E-state index >= 15 is 0 Å². The molecule has 2 heterocycles. The van der Waals surface area contributed by atoms with E-state index in [2.05, 4.69) is 96.6 Å². The Labute approximate surface area is 199 Å². The first-order valence-corrected chi connectivity index (χ1v) is 10.8. The van der Waals surface area contributed by atoms with Gasteiger partial charge in [-0.3, -0.25) is 0 Å². The van der Waals surface area contributed by atoms with Crippen molar-refractivity contribution in [1.82, 2.24) is 9.97 Å². The molecule has 160 valence electrons. The van der Waals surface area contributed by atoms with E-state index in [1.165, 1.54) is 49.9 Å². The number of hydrogen-bond acceptors (Lipinski definition) is 0. The van der Waals surface area contributed by atoms with E-state index in [-0.39, 0.29) is 23.0 Å². The van der Waals surface area contributed by atoms with Crippen molar-refractivity contribution in [1.29, 1.82) is 0 Å². The van der Waals surface area contributed by atoms with Crippen molar-refractivity contribution in [3.8, 4) is 0 Å². The fourth-order valence-corrected chi connectivity index (χ4v) is 4.72. The molecule has 0 amide bonds. The Hall–Kier alpha value is -3.26. The molecule has 0 fully saturated rings. The van der Waals surface area contributed by atoms with E-state index < -0.39 is 0 Å². The van der Waals surface area contributed by atoms with Gasteiger partial charge < -0.3 is 9.97 Å². The second-order valence-corrected chi connectivity index (χ2v) is 8.03. The number of rotatable bonds is 3. The topological polar surface area (TPSA) is 31.6 Å². The van der Waals surface area contributed by atoms with Crippen molar-refractivity contribution in [2.45, 2.75) is 19.8 Å². The van der Waals surface area contributed by atoms with Crippen molar-refractivity contribution in [3.05, 3.63) is 131 Å². The van der Waals surface area contributed by atoms with Gasteiger partial charge in [-0.15, -0.1) is 0 Å². The first-order chi connectivity index (χ1) is 15.2. The molecule has 0 aliphatic carbocycles. The molecule has 3 heteroatoms. The minimum absolute atomic E-state index is 0. The normalized spacial score (nSPS) is 10.8. The molecule has 0 aliphatic rings. The van der Waals surface area contributed by atoms with Gasteiger partial charge >= 0.3 is 17.1 Å². The van der Waals surface area contributed by atoms with Gasteiger partial charge in [0.25, 0.3) is 0 Å². The molecule has 0 radical (unpaired) electrons. The Kier molecular flexibility index (Phi) is 6.50. The third kappa shape index (κ3) is 3.98. The molecule has 0 saturated carbocycles. The Morgan fingerprint density at radius 2 is 1.16 bits per heavy atom. The third-order valence-electron chi connectivity index (χ3n) is 6.04. The minimum atomic E-state index is 0. The van der Waals surface area contributed by atoms with Crippen molar-refractivity contribution >= 4 is 21.8 Å². The van der Waals surface area contributed by atoms with Gasteiger partial charge in [0.15, 0.2) is 0 Å². The van der Waals surface area contributed by atoms with Crippen LogP contribution in [-0.2, 0) is 17.1 Å². The zero-order valence-corrected chi connectivity index (χ0v) is 19.4. The molecule has 0 unspecified atom stereocenters. The molecule has 2 nitrogen and oxygen atoms in total. The number of hydrogen-bond donors (Lipinski definition) is 2. The molecule has 6 rings (SSSR count). The molecule has 6 aromatic rings. The Bertz CT molecular complexity index is 1300. The maximum Gasteiger partial charge on any atom is 2.00 e. The minimum Gasteiger partial charge on any atom is -0.358 e. The van der Waals surface area contributed by atoms with Crippen molar-refractivity contribution in [2.24, 2.45) is 0 Å². The summed E-state index contributed by atoms with van der Waals surface area (Å²) >= 11 is 0. The molecule has 32 heavy (non-hydrogen) atoms. The van der Waals surface area contributed by atoms with Crippen LogP contribution in [0.2, 0.25) is 0 Å². The number of H-pyrrole nitrogens is 2. The molecule has 0 bridgehead atoms. The van der Waals surface area contributed by atoms with Gasteiger partial charge in [-0.25, -0.2) is 24.3 Å². The van der Waals surface area contributed by atoms with Crippen molar-refractivity contribution in [3.63, 3.8) is 0 Å². The molecule has 2 aromatic heterocycles. The first kappa shape index (κ1) is 22.0. The summed E-state index contributed by atoms with van der Waals surface area (Å²) in [5.41, 5.74) is 8.97. The summed E-state index contributed by atoms with van der Waals surface area (Å²) in [7, 11) is 0. The largest absolute Gasteiger partial charge is 2.00 e. The molecular weight excluding hydrogens is 432 g/mol. The SMILES string of the molecule is Cc1[nH]c2ccccc2c1C(c1ccc[cH-]1)c1c(C)[nH]c2ccccc12.[Fe+2].c1cc[cH-]c1. The Balaban J connectivity index is 0.000000363. The second-order valence-electron chi connectivity index (χ2n) is 8.03. The van der Waals surface area contributed by atoms with Gasteiger partial charge in [-0.2, -0.15) is 35.9 Å². The summed E-state index contributed by atoms with van der Waals surface area (Å²) in [6.07, 6.45) is 0. The number of aryl methyl sites for hydroxylation is 2. The maximum absolute atomic E-state index is 3.59. The third-order valence-corrected chi connectivity index (χ3v) is 6.04. The quantitative estimate of drug-likeness (QED) is 0.203. The van der Waals surface area contributed by atoms with E-state index in [0.717, 1.165) is 0 Å². The van der Waals surface area contributed by atoms with E-state index in [1.54, 1.807) is 0 Å². The average molecular weight is 458 g/mol. The van der Waals surface area contributed by atoms with E-state index in [9.17, 15) is 0 Å². The van der Waals surface area contributed by atoms with Crippen molar-refractivity contribution in [2.75, 3.05) is 0 Å². The van der Waals surface area contributed by atoms with Crippen molar-refractivity contribution < 1.29 is 17.1 Å². The molecule has 0 spiro atoms. The smallest absolute Gasteiger partial charge is 0.358 e. The number of aromatic nitrogens is 2. The van der Waals surface area contributed by atoms with Gasteiger partial charge in [0.1, 0.15) is 0 Å². The van der Waals surface area contributed by atoms with Crippen LogP contribution in [0.3, 0.4) is 0 Å². The molecule has 0 atom stereocenters. The molecule has 0 aliphatic heterocycles. The second kappa shape index (κ2) is 9.48. The predicted molar refractivity (Wildman–Crippen MR) is 131 cm³/mol. The van der Waals surface area contributed by atoms with E-state index in [4.69, 9.17) is 0 Å².